The Labute approximate surface area is 130 Å². The first-order chi connectivity index (χ1) is 9.39. The molecule has 1 unspecified atom stereocenters. The van der Waals surface area contributed by atoms with E-state index in [0.717, 1.165) is 23.3 Å². The molecule has 0 bridgehead atoms. The number of nitrogens with zero attached hydrogens (tertiary/aromatic N) is 2. The van der Waals surface area contributed by atoms with Gasteiger partial charge in [0.2, 0.25) is 0 Å². The van der Waals surface area contributed by atoms with Crippen LogP contribution in [-0.4, -0.2) is 42.2 Å². The van der Waals surface area contributed by atoms with Crippen molar-refractivity contribution in [2.75, 3.05) is 26.9 Å². The van der Waals surface area contributed by atoms with Crippen molar-refractivity contribution in [1.82, 2.24) is 15.1 Å². The Hall–Kier alpha value is -0.430. The highest BCUT2D eigenvalue weighted by Crippen LogP contribution is 2.25. The maximum Gasteiger partial charge on any atom is 0.0741 e. The second-order valence-corrected chi connectivity index (χ2v) is 6.48. The average molecular weight is 348 g/mol. The summed E-state index contributed by atoms with van der Waals surface area (Å²) in [5.74, 6) is 0. The molecule has 1 aromatic heterocycles. The van der Waals surface area contributed by atoms with Gasteiger partial charge >= 0.3 is 0 Å². The summed E-state index contributed by atoms with van der Waals surface area (Å²) in [7, 11) is 1.70. The first-order valence-corrected chi connectivity index (χ1v) is 7.75. The van der Waals surface area contributed by atoms with Crippen LogP contribution in [0.15, 0.2) is 10.7 Å². The lowest BCUT2D eigenvalue weighted by molar-refractivity contribution is -0.0158. The van der Waals surface area contributed by atoms with Crippen LogP contribution in [0.1, 0.15) is 39.4 Å². The lowest BCUT2D eigenvalue weighted by Gasteiger charge is -2.26. The summed E-state index contributed by atoms with van der Waals surface area (Å²) < 4.78 is 14.0. The summed E-state index contributed by atoms with van der Waals surface area (Å²) >= 11 is 3.58. The third-order valence-corrected chi connectivity index (χ3v) is 3.42. The Morgan fingerprint density at radius 3 is 2.70 bits per heavy atom. The molecule has 1 atom stereocenters. The number of rotatable bonds is 8. The molecular formula is C14H26BrN3O2. The fraction of sp³-hybridized carbons (Fsp3) is 0.786. The first-order valence-electron chi connectivity index (χ1n) is 6.96. The van der Waals surface area contributed by atoms with Gasteiger partial charge in [0.1, 0.15) is 0 Å². The molecule has 0 saturated heterocycles. The molecule has 0 saturated carbocycles. The van der Waals surface area contributed by atoms with Crippen molar-refractivity contribution in [3.8, 4) is 0 Å². The van der Waals surface area contributed by atoms with Gasteiger partial charge in [-0.05, 0) is 43.2 Å². The van der Waals surface area contributed by atoms with Gasteiger partial charge in [0, 0.05) is 7.11 Å². The van der Waals surface area contributed by atoms with E-state index >= 15 is 0 Å². The molecule has 0 aliphatic carbocycles. The quantitative estimate of drug-likeness (QED) is 0.785. The third kappa shape index (κ3) is 5.52. The van der Waals surface area contributed by atoms with Crippen LogP contribution < -0.4 is 5.32 Å². The van der Waals surface area contributed by atoms with Gasteiger partial charge in [-0.1, -0.05) is 6.92 Å². The smallest absolute Gasteiger partial charge is 0.0741 e. The van der Waals surface area contributed by atoms with E-state index < -0.39 is 0 Å². The van der Waals surface area contributed by atoms with Gasteiger partial charge in [0.25, 0.3) is 0 Å². The molecule has 1 aromatic rings. The van der Waals surface area contributed by atoms with Crippen LogP contribution in [0, 0.1) is 0 Å². The molecule has 6 heteroatoms. The van der Waals surface area contributed by atoms with Crippen LogP contribution in [0.25, 0.3) is 0 Å². The van der Waals surface area contributed by atoms with E-state index in [0.29, 0.717) is 13.2 Å². The Morgan fingerprint density at radius 1 is 1.45 bits per heavy atom. The lowest BCUT2D eigenvalue weighted by atomic mass is 10.1. The Bertz CT molecular complexity index is 402. The molecule has 1 heterocycles. The highest BCUT2D eigenvalue weighted by Gasteiger charge is 2.22. The van der Waals surface area contributed by atoms with Crippen molar-refractivity contribution in [1.29, 1.82) is 0 Å². The molecule has 0 amide bonds. The van der Waals surface area contributed by atoms with Gasteiger partial charge in [-0.2, -0.15) is 5.10 Å². The molecule has 20 heavy (non-hydrogen) atoms. The van der Waals surface area contributed by atoms with E-state index in [-0.39, 0.29) is 11.6 Å². The number of likely N-dealkylation sites (N-methyl/N-ethyl adjacent to an activating group) is 1. The number of aromatic nitrogens is 2. The molecule has 1 N–H and O–H groups in total. The molecule has 0 spiro atoms. The van der Waals surface area contributed by atoms with Crippen LogP contribution in [0.4, 0.5) is 0 Å². The van der Waals surface area contributed by atoms with Crippen molar-refractivity contribution in [3.05, 3.63) is 16.4 Å². The highest BCUT2D eigenvalue weighted by molar-refractivity contribution is 9.10. The zero-order valence-corrected chi connectivity index (χ0v) is 14.7. The number of hydrogen-bond acceptors (Lipinski definition) is 4. The molecule has 116 valence electrons. The van der Waals surface area contributed by atoms with Crippen LogP contribution in [-0.2, 0) is 16.0 Å². The number of halogens is 1. The summed E-state index contributed by atoms with van der Waals surface area (Å²) in [6.45, 7) is 11.1. The first kappa shape index (κ1) is 17.6. The third-order valence-electron chi connectivity index (χ3n) is 2.80. The Balaban J connectivity index is 2.86. The van der Waals surface area contributed by atoms with E-state index in [1.54, 1.807) is 7.11 Å². The predicted molar refractivity (Wildman–Crippen MR) is 83.9 cm³/mol. The fourth-order valence-corrected chi connectivity index (χ4v) is 2.46. The van der Waals surface area contributed by atoms with Gasteiger partial charge in [0.15, 0.2) is 0 Å². The summed E-state index contributed by atoms with van der Waals surface area (Å²) in [6, 6.07) is 0.105. The second kappa shape index (κ2) is 8.12. The number of nitrogens with one attached hydrogen (secondary N) is 1. The Morgan fingerprint density at radius 2 is 2.15 bits per heavy atom. The SMILES string of the molecule is CCNC(COC(C)(C)C)c1c(Br)cnn1CCOC. The summed E-state index contributed by atoms with van der Waals surface area (Å²) in [4.78, 5) is 0. The zero-order chi connectivity index (χ0) is 15.2. The maximum absolute atomic E-state index is 5.93. The van der Waals surface area contributed by atoms with Crippen molar-refractivity contribution in [3.63, 3.8) is 0 Å². The van der Waals surface area contributed by atoms with Gasteiger partial charge in [-0.3, -0.25) is 4.68 Å². The summed E-state index contributed by atoms with van der Waals surface area (Å²) in [5.41, 5.74) is 0.950. The minimum absolute atomic E-state index is 0.105. The second-order valence-electron chi connectivity index (χ2n) is 5.63. The van der Waals surface area contributed by atoms with E-state index in [1.807, 2.05) is 10.9 Å². The molecule has 0 fully saturated rings. The van der Waals surface area contributed by atoms with Crippen molar-refractivity contribution >= 4 is 15.9 Å². The molecule has 0 radical (unpaired) electrons. The van der Waals surface area contributed by atoms with Gasteiger partial charge < -0.3 is 14.8 Å². The van der Waals surface area contributed by atoms with Crippen molar-refractivity contribution < 1.29 is 9.47 Å². The molecule has 5 nitrogen and oxygen atoms in total. The van der Waals surface area contributed by atoms with Gasteiger partial charge in [-0.25, -0.2) is 0 Å². The van der Waals surface area contributed by atoms with E-state index in [4.69, 9.17) is 9.47 Å². The highest BCUT2D eigenvalue weighted by atomic mass is 79.9. The molecule has 0 aliphatic heterocycles. The van der Waals surface area contributed by atoms with Crippen LogP contribution >= 0.6 is 15.9 Å². The lowest BCUT2D eigenvalue weighted by Crippen LogP contribution is -2.32. The monoisotopic (exact) mass is 347 g/mol. The van der Waals surface area contributed by atoms with E-state index in [9.17, 15) is 0 Å². The summed E-state index contributed by atoms with van der Waals surface area (Å²) in [5, 5.41) is 7.85. The number of hydrogen-bond donors (Lipinski definition) is 1. The van der Waals surface area contributed by atoms with Crippen LogP contribution in [0.2, 0.25) is 0 Å². The topological polar surface area (TPSA) is 48.3 Å². The minimum atomic E-state index is -0.155. The van der Waals surface area contributed by atoms with Crippen molar-refractivity contribution in [2.45, 2.75) is 45.9 Å². The Kier molecular flexibility index (Phi) is 7.15. The van der Waals surface area contributed by atoms with E-state index in [2.05, 4.69) is 54.0 Å². The minimum Gasteiger partial charge on any atom is -0.383 e. The fourth-order valence-electron chi connectivity index (χ4n) is 1.89. The van der Waals surface area contributed by atoms with E-state index in [1.165, 1.54) is 0 Å². The predicted octanol–water partition coefficient (Wildman–Crippen LogP) is 2.76. The average Bonchev–Trinajstić information content (AvgIpc) is 2.72. The van der Waals surface area contributed by atoms with Crippen LogP contribution in [0.3, 0.4) is 0 Å². The zero-order valence-electron chi connectivity index (χ0n) is 13.1. The van der Waals surface area contributed by atoms with Gasteiger partial charge in [-0.15, -0.1) is 0 Å². The normalized spacial score (nSPS) is 13.7. The molecule has 1 rings (SSSR count). The summed E-state index contributed by atoms with van der Waals surface area (Å²) in [6.07, 6.45) is 1.83. The van der Waals surface area contributed by atoms with Crippen molar-refractivity contribution in [2.24, 2.45) is 0 Å². The molecule has 0 aromatic carbocycles. The van der Waals surface area contributed by atoms with Gasteiger partial charge in [0.05, 0.1) is 47.8 Å². The number of ether oxygens (including phenoxy) is 2. The molecular weight excluding hydrogens is 322 g/mol. The maximum atomic E-state index is 5.93. The standard InChI is InChI=1S/C14H26BrN3O2/c1-6-16-12(10-20-14(2,3)4)13-11(15)9-17-18(13)7-8-19-5/h9,12,16H,6-8,10H2,1-5H3. The number of methoxy groups -OCH3 is 1. The van der Waals surface area contributed by atoms with Crippen LogP contribution in [0.5, 0.6) is 0 Å². The largest absolute Gasteiger partial charge is 0.383 e. The molecule has 0 aliphatic rings.